The number of ketones is 1. The molecule has 0 aliphatic heterocycles. The largest absolute Gasteiger partial charge is 0.398 e. The quantitative estimate of drug-likeness (QED) is 0.330. The number of aromatic amines is 1. The fraction of sp³-hybridized carbons (Fsp3) is 0.158. The topological polar surface area (TPSA) is 137 Å². The SMILES string of the molecule is CCCC(=O)c1cc(-c2ncc(-c3cn[nH]c3)c3onc(N)c23)c(F)cc1N.Cl. The number of hydrogen-bond donors (Lipinski definition) is 3. The van der Waals surface area contributed by atoms with Gasteiger partial charge >= 0.3 is 0 Å². The molecule has 4 aromatic rings. The Bertz CT molecular complexity index is 1190. The monoisotopic (exact) mass is 416 g/mol. The van der Waals surface area contributed by atoms with E-state index in [9.17, 15) is 9.18 Å². The van der Waals surface area contributed by atoms with E-state index in [4.69, 9.17) is 16.0 Å². The number of carbonyl (C=O) groups excluding carboxylic acids is 1. The van der Waals surface area contributed by atoms with Crippen molar-refractivity contribution in [2.75, 3.05) is 11.5 Å². The molecule has 0 saturated heterocycles. The summed E-state index contributed by atoms with van der Waals surface area (Å²) in [6, 6.07) is 2.54. The molecule has 0 saturated carbocycles. The first-order valence-corrected chi connectivity index (χ1v) is 8.66. The molecule has 0 aliphatic carbocycles. The molecule has 0 spiro atoms. The normalized spacial score (nSPS) is 10.8. The molecule has 0 unspecified atom stereocenters. The van der Waals surface area contributed by atoms with Gasteiger partial charge in [0.2, 0.25) is 0 Å². The second-order valence-corrected chi connectivity index (χ2v) is 6.37. The molecule has 3 heterocycles. The molecule has 0 amide bonds. The first kappa shape index (κ1) is 20.3. The third-order valence-corrected chi connectivity index (χ3v) is 4.50. The highest BCUT2D eigenvalue weighted by atomic mass is 35.5. The number of H-pyrrole nitrogens is 1. The van der Waals surface area contributed by atoms with Crippen LogP contribution in [0, 0.1) is 5.82 Å². The molecule has 0 fully saturated rings. The van der Waals surface area contributed by atoms with E-state index in [2.05, 4.69) is 20.3 Å². The van der Waals surface area contributed by atoms with E-state index < -0.39 is 5.82 Å². The third kappa shape index (κ3) is 3.40. The van der Waals surface area contributed by atoms with Crippen LogP contribution in [0.4, 0.5) is 15.9 Å². The highest BCUT2D eigenvalue weighted by Crippen LogP contribution is 2.38. The second kappa shape index (κ2) is 7.88. The molecule has 3 aromatic heterocycles. The lowest BCUT2D eigenvalue weighted by molar-refractivity contribution is 0.0982. The molecule has 5 N–H and O–H groups in total. The van der Waals surface area contributed by atoms with Gasteiger partial charge in [0.05, 0.1) is 17.3 Å². The van der Waals surface area contributed by atoms with Crippen molar-refractivity contribution in [2.24, 2.45) is 0 Å². The van der Waals surface area contributed by atoms with Crippen LogP contribution in [0.1, 0.15) is 30.1 Å². The fourth-order valence-electron chi connectivity index (χ4n) is 3.15. The summed E-state index contributed by atoms with van der Waals surface area (Å²) < 4.78 is 20.1. The average molecular weight is 417 g/mol. The zero-order valence-corrected chi connectivity index (χ0v) is 16.2. The number of rotatable bonds is 5. The van der Waals surface area contributed by atoms with Crippen LogP contribution in [0.3, 0.4) is 0 Å². The summed E-state index contributed by atoms with van der Waals surface area (Å²) in [4.78, 5) is 16.8. The van der Waals surface area contributed by atoms with Gasteiger partial charge in [-0.25, -0.2) is 4.39 Å². The first-order valence-electron chi connectivity index (χ1n) is 8.66. The van der Waals surface area contributed by atoms with E-state index in [0.29, 0.717) is 29.4 Å². The minimum atomic E-state index is -0.615. The number of nitrogens with one attached hydrogen (secondary N) is 1. The summed E-state index contributed by atoms with van der Waals surface area (Å²) in [6.45, 7) is 1.88. The van der Waals surface area contributed by atoms with Crippen LogP contribution in [0.5, 0.6) is 0 Å². The molecular formula is C19H18ClFN6O2. The maximum absolute atomic E-state index is 14.8. The standard InChI is InChI=1S/C19H17FN6O2.ClH/c1-2-3-15(27)11-4-10(13(20)5-14(11)21)17-16-18(28-26-19(16)22)12(8-23-17)9-6-24-25-7-9;/h4-8H,2-3,21H2,1H3,(H2,22,26)(H,24,25);1H. The Morgan fingerprint density at radius 3 is 2.72 bits per heavy atom. The highest BCUT2D eigenvalue weighted by Gasteiger charge is 2.22. The maximum Gasteiger partial charge on any atom is 0.180 e. The molecule has 29 heavy (non-hydrogen) atoms. The minimum Gasteiger partial charge on any atom is -0.398 e. The predicted octanol–water partition coefficient (Wildman–Crippen LogP) is 3.99. The molecular weight excluding hydrogens is 399 g/mol. The van der Waals surface area contributed by atoms with Gasteiger partial charge in [0, 0.05) is 46.8 Å². The van der Waals surface area contributed by atoms with Gasteiger partial charge in [-0.3, -0.25) is 14.9 Å². The number of fused-ring (bicyclic) bond motifs is 1. The van der Waals surface area contributed by atoms with E-state index in [-0.39, 0.29) is 46.5 Å². The number of anilines is 2. The van der Waals surface area contributed by atoms with Crippen molar-refractivity contribution in [1.29, 1.82) is 0 Å². The zero-order chi connectivity index (χ0) is 19.8. The number of aromatic nitrogens is 4. The number of halogens is 2. The summed E-state index contributed by atoms with van der Waals surface area (Å²) in [6.07, 6.45) is 5.76. The van der Waals surface area contributed by atoms with Crippen molar-refractivity contribution >= 4 is 40.7 Å². The second-order valence-electron chi connectivity index (χ2n) is 6.37. The number of nitrogens with two attached hydrogens (primary N) is 2. The van der Waals surface area contributed by atoms with Crippen molar-refractivity contribution in [1.82, 2.24) is 20.3 Å². The van der Waals surface area contributed by atoms with Gasteiger partial charge < -0.3 is 16.0 Å². The van der Waals surface area contributed by atoms with Crippen molar-refractivity contribution < 1.29 is 13.7 Å². The summed E-state index contributed by atoms with van der Waals surface area (Å²) in [5, 5.41) is 10.8. The van der Waals surface area contributed by atoms with Crippen LogP contribution in [0.15, 0.2) is 35.2 Å². The molecule has 10 heteroatoms. The van der Waals surface area contributed by atoms with Crippen LogP contribution in [0.2, 0.25) is 0 Å². The molecule has 1 aromatic carbocycles. The number of nitrogen functional groups attached to an aromatic ring is 2. The predicted molar refractivity (Wildman–Crippen MR) is 110 cm³/mol. The van der Waals surface area contributed by atoms with Gasteiger partial charge in [-0.1, -0.05) is 12.1 Å². The van der Waals surface area contributed by atoms with Gasteiger partial charge in [-0.2, -0.15) is 5.10 Å². The summed E-state index contributed by atoms with van der Waals surface area (Å²) in [5.41, 5.74) is 14.2. The Kier molecular flexibility index (Phi) is 5.51. The molecule has 150 valence electrons. The summed E-state index contributed by atoms with van der Waals surface area (Å²) in [5.74, 6) is -0.706. The van der Waals surface area contributed by atoms with Gasteiger partial charge in [0.25, 0.3) is 0 Å². The van der Waals surface area contributed by atoms with Gasteiger partial charge in [-0.15, -0.1) is 12.4 Å². The lowest BCUT2D eigenvalue weighted by Gasteiger charge is -2.10. The summed E-state index contributed by atoms with van der Waals surface area (Å²) >= 11 is 0. The number of hydrogen-bond acceptors (Lipinski definition) is 7. The Balaban J connectivity index is 0.00000240. The highest BCUT2D eigenvalue weighted by molar-refractivity contribution is 6.07. The Hall–Kier alpha value is -3.46. The Labute approximate surface area is 170 Å². The van der Waals surface area contributed by atoms with Crippen molar-refractivity contribution in [3.63, 3.8) is 0 Å². The van der Waals surface area contributed by atoms with Crippen molar-refractivity contribution in [2.45, 2.75) is 19.8 Å². The van der Waals surface area contributed by atoms with Crippen LogP contribution in [0.25, 0.3) is 33.4 Å². The molecule has 0 aliphatic rings. The van der Waals surface area contributed by atoms with E-state index in [0.717, 1.165) is 11.6 Å². The Morgan fingerprint density at radius 1 is 1.24 bits per heavy atom. The smallest absolute Gasteiger partial charge is 0.180 e. The van der Waals surface area contributed by atoms with E-state index in [1.54, 1.807) is 12.4 Å². The fourth-order valence-corrected chi connectivity index (χ4v) is 3.15. The van der Waals surface area contributed by atoms with Crippen molar-refractivity contribution in [3.05, 3.63) is 42.1 Å². The molecule has 4 rings (SSSR count). The van der Waals surface area contributed by atoms with E-state index in [1.165, 1.54) is 12.3 Å². The Morgan fingerprint density at radius 2 is 2.03 bits per heavy atom. The van der Waals surface area contributed by atoms with Crippen LogP contribution < -0.4 is 11.5 Å². The van der Waals surface area contributed by atoms with Crippen LogP contribution in [-0.2, 0) is 0 Å². The minimum absolute atomic E-state index is 0. The van der Waals surface area contributed by atoms with E-state index in [1.807, 2.05) is 6.92 Å². The number of nitrogens with zero attached hydrogens (tertiary/aromatic N) is 3. The molecule has 0 atom stereocenters. The molecule has 0 bridgehead atoms. The number of benzene rings is 1. The van der Waals surface area contributed by atoms with Crippen LogP contribution >= 0.6 is 12.4 Å². The number of carbonyl (C=O) groups is 1. The van der Waals surface area contributed by atoms with Crippen molar-refractivity contribution in [3.8, 4) is 22.4 Å². The number of Topliss-reactive ketones (excluding diaryl/α,β-unsaturated/α-hetero) is 1. The maximum atomic E-state index is 14.8. The lowest BCUT2D eigenvalue weighted by Crippen LogP contribution is -2.05. The van der Waals surface area contributed by atoms with Crippen LogP contribution in [-0.4, -0.2) is 26.1 Å². The first-order chi connectivity index (χ1) is 13.5. The summed E-state index contributed by atoms with van der Waals surface area (Å²) in [7, 11) is 0. The third-order valence-electron chi connectivity index (χ3n) is 4.50. The lowest BCUT2D eigenvalue weighted by atomic mass is 9.97. The van der Waals surface area contributed by atoms with E-state index >= 15 is 0 Å². The average Bonchev–Trinajstić information content (AvgIpc) is 3.32. The van der Waals surface area contributed by atoms with Gasteiger partial charge in [-0.05, 0) is 18.6 Å². The molecule has 0 radical (unpaired) electrons. The van der Waals surface area contributed by atoms with Gasteiger partial charge in [0.1, 0.15) is 5.82 Å². The molecule has 8 nitrogen and oxygen atoms in total. The number of pyridine rings is 1. The van der Waals surface area contributed by atoms with Gasteiger partial charge in [0.15, 0.2) is 17.2 Å². The zero-order valence-electron chi connectivity index (χ0n) is 15.4.